The summed E-state index contributed by atoms with van der Waals surface area (Å²) in [7, 11) is 2.50. The summed E-state index contributed by atoms with van der Waals surface area (Å²) in [5.41, 5.74) is -0.664. The van der Waals surface area contributed by atoms with Crippen molar-refractivity contribution < 1.29 is 31.8 Å². The largest absolute Gasteiger partial charge is 0.503 e. The maximum atomic E-state index is 13.8. The van der Waals surface area contributed by atoms with E-state index in [1.807, 2.05) is 0 Å². The molecule has 0 atom stereocenters. The molecule has 0 spiro atoms. The average molecular weight is 460 g/mol. The van der Waals surface area contributed by atoms with E-state index < -0.39 is 23.1 Å². The van der Waals surface area contributed by atoms with Crippen molar-refractivity contribution >= 4 is 17.6 Å². The van der Waals surface area contributed by atoms with Crippen LogP contribution in [0.25, 0.3) is 22.8 Å². The molecule has 0 aliphatic carbocycles. The summed E-state index contributed by atoms with van der Waals surface area (Å²) in [6.45, 7) is 5.40. The molecule has 0 aromatic heterocycles. The van der Waals surface area contributed by atoms with E-state index in [0.29, 0.717) is 0 Å². The van der Waals surface area contributed by atoms with Gasteiger partial charge in [0.15, 0.2) is 0 Å². The zero-order chi connectivity index (χ0) is 24.8. The van der Waals surface area contributed by atoms with Crippen molar-refractivity contribution in [2.75, 3.05) is 14.2 Å². The molecule has 2 rings (SSSR count). The Morgan fingerprint density at radius 2 is 1.76 bits per heavy atom. The normalized spacial score (nSPS) is 12.3. The smallest absolute Gasteiger partial charge is 0.417 e. The van der Waals surface area contributed by atoms with Crippen LogP contribution in [0.1, 0.15) is 43.0 Å². The van der Waals surface area contributed by atoms with Gasteiger partial charge in [0, 0.05) is 11.0 Å². The van der Waals surface area contributed by atoms with E-state index in [4.69, 9.17) is 9.47 Å². The first-order valence-corrected chi connectivity index (χ1v) is 9.89. The molecule has 0 aliphatic rings. The maximum Gasteiger partial charge on any atom is 0.417 e. The molecule has 174 valence electrons. The summed E-state index contributed by atoms with van der Waals surface area (Å²) >= 11 is 0. The van der Waals surface area contributed by atoms with E-state index >= 15 is 0 Å². The molecule has 0 saturated carbocycles. The summed E-state index contributed by atoms with van der Waals surface area (Å²) in [6, 6.07) is 8.35. The lowest BCUT2D eigenvalue weighted by Crippen LogP contribution is -2.09. The Bertz CT molecular complexity index is 1140. The van der Waals surface area contributed by atoms with Crippen LogP contribution in [0.5, 0.6) is 0 Å². The van der Waals surface area contributed by atoms with Crippen LogP contribution in [-0.2, 0) is 20.4 Å². The number of carbonyl (C=O) groups is 1. The van der Waals surface area contributed by atoms with Crippen LogP contribution in [0.4, 0.5) is 17.6 Å². The molecule has 0 fully saturated rings. The van der Waals surface area contributed by atoms with Gasteiger partial charge < -0.3 is 9.47 Å². The van der Waals surface area contributed by atoms with Gasteiger partial charge in [-0.2, -0.15) is 13.2 Å². The molecule has 2 aromatic carbocycles. The predicted octanol–water partition coefficient (Wildman–Crippen LogP) is 6.87. The van der Waals surface area contributed by atoms with Crippen LogP contribution < -0.4 is 0 Å². The lowest BCUT2D eigenvalue weighted by molar-refractivity contribution is -0.137. The van der Waals surface area contributed by atoms with Crippen molar-refractivity contribution in [2.45, 2.75) is 26.9 Å². The number of hydrogen-bond donors (Lipinski definition) is 0. The first-order valence-electron chi connectivity index (χ1n) is 9.89. The van der Waals surface area contributed by atoms with Crippen LogP contribution >= 0.6 is 0 Å². The van der Waals surface area contributed by atoms with E-state index in [0.717, 1.165) is 18.4 Å². The summed E-state index contributed by atoms with van der Waals surface area (Å²) < 4.78 is 64.5. The zero-order valence-electron chi connectivity index (χ0n) is 18.9. The third-order valence-electron chi connectivity index (χ3n) is 4.48. The van der Waals surface area contributed by atoms with Gasteiger partial charge in [-0.05, 0) is 61.2 Å². The highest BCUT2D eigenvalue weighted by molar-refractivity contribution is 6.17. The first-order chi connectivity index (χ1) is 15.4. The number of hydrogen-bond acceptors (Lipinski definition) is 3. The molecule has 0 aliphatic heterocycles. The molecular weight excluding hydrogens is 436 g/mol. The summed E-state index contributed by atoms with van der Waals surface area (Å²) in [4.78, 5) is 12.2. The van der Waals surface area contributed by atoms with Gasteiger partial charge in [-0.3, -0.25) is 0 Å². The third-order valence-corrected chi connectivity index (χ3v) is 4.48. The van der Waals surface area contributed by atoms with Crippen LogP contribution in [0.2, 0.25) is 0 Å². The molecule has 0 bridgehead atoms. The van der Waals surface area contributed by atoms with Gasteiger partial charge in [-0.25, -0.2) is 9.18 Å². The highest BCUT2D eigenvalue weighted by atomic mass is 19.4. The van der Waals surface area contributed by atoms with Gasteiger partial charge in [0.2, 0.25) is 0 Å². The molecule has 2 aromatic rings. The number of rotatable bonds is 5. The Balaban J connectivity index is 2.80. The SMILES string of the molecule is COC=C(C(=O)OC)c1cccc(-c2ccc(C#CC(C)(C)C)c(C(F)(F)F)c2)c1C=CF. The van der Waals surface area contributed by atoms with Crippen molar-refractivity contribution in [3.63, 3.8) is 0 Å². The molecule has 0 saturated heterocycles. The minimum Gasteiger partial charge on any atom is -0.503 e. The molecule has 0 unspecified atom stereocenters. The number of benzene rings is 2. The van der Waals surface area contributed by atoms with Gasteiger partial charge >= 0.3 is 12.1 Å². The van der Waals surface area contributed by atoms with Gasteiger partial charge in [0.1, 0.15) is 5.57 Å². The monoisotopic (exact) mass is 460 g/mol. The number of alkyl halides is 3. The summed E-state index contributed by atoms with van der Waals surface area (Å²) in [6.07, 6.45) is -2.21. The summed E-state index contributed by atoms with van der Waals surface area (Å²) in [5.74, 6) is 4.69. The minimum absolute atomic E-state index is 0.0151. The quantitative estimate of drug-likeness (QED) is 0.161. The topological polar surface area (TPSA) is 35.5 Å². The summed E-state index contributed by atoms with van der Waals surface area (Å²) in [5, 5.41) is 0. The molecular formula is C26H24F4O3. The molecule has 0 amide bonds. The van der Waals surface area contributed by atoms with E-state index in [-0.39, 0.29) is 39.7 Å². The average Bonchev–Trinajstić information content (AvgIpc) is 2.75. The fraction of sp³-hybridized carbons (Fsp3) is 0.269. The number of methoxy groups -OCH3 is 2. The molecule has 0 N–H and O–H groups in total. The number of ether oxygens (including phenoxy) is 2. The van der Waals surface area contributed by atoms with Gasteiger partial charge in [0.05, 0.1) is 32.4 Å². The van der Waals surface area contributed by atoms with Gasteiger partial charge in [0.25, 0.3) is 0 Å². The first kappa shape index (κ1) is 25.7. The maximum absolute atomic E-state index is 13.8. The van der Waals surface area contributed by atoms with Crippen LogP contribution in [0.15, 0.2) is 49.0 Å². The Morgan fingerprint density at radius 1 is 1.06 bits per heavy atom. The van der Waals surface area contributed by atoms with Crippen LogP contribution in [0.3, 0.4) is 0 Å². The molecule has 3 nitrogen and oxygen atoms in total. The standard InChI is InChI=1S/C26H24F4O3/c1-25(2,3)13-11-17-9-10-18(15-23(17)26(28,29)30)19-7-6-8-20(21(19)12-14-27)22(16-32-4)24(31)33-5/h6-10,12,14-16H,1-5H3. The molecule has 0 radical (unpaired) electrons. The van der Waals surface area contributed by atoms with E-state index in [9.17, 15) is 22.4 Å². The van der Waals surface area contributed by atoms with E-state index in [1.165, 1.54) is 38.5 Å². The second-order valence-corrected chi connectivity index (χ2v) is 8.08. The number of halogens is 4. The van der Waals surface area contributed by atoms with Gasteiger partial charge in [-0.15, -0.1) is 0 Å². The second kappa shape index (κ2) is 10.4. The lowest BCUT2D eigenvalue weighted by atomic mass is 9.90. The van der Waals surface area contributed by atoms with Crippen molar-refractivity contribution in [3.8, 4) is 23.0 Å². The molecule has 0 heterocycles. The number of esters is 1. The highest BCUT2D eigenvalue weighted by Crippen LogP contribution is 2.37. The van der Waals surface area contributed by atoms with Crippen LogP contribution in [0, 0.1) is 17.3 Å². The van der Waals surface area contributed by atoms with Crippen molar-refractivity contribution in [3.05, 3.63) is 71.2 Å². The van der Waals surface area contributed by atoms with E-state index in [1.54, 1.807) is 26.8 Å². The van der Waals surface area contributed by atoms with Crippen LogP contribution in [-0.4, -0.2) is 20.2 Å². The number of carbonyl (C=O) groups excluding carboxylic acids is 1. The van der Waals surface area contributed by atoms with Crippen molar-refractivity contribution in [2.24, 2.45) is 5.41 Å². The third kappa shape index (κ3) is 6.48. The van der Waals surface area contributed by atoms with Crippen molar-refractivity contribution in [1.29, 1.82) is 0 Å². The Kier molecular flexibility index (Phi) is 8.10. The minimum atomic E-state index is -4.65. The molecule has 7 heteroatoms. The lowest BCUT2D eigenvalue weighted by Gasteiger charge is -2.16. The fourth-order valence-corrected chi connectivity index (χ4v) is 3.05. The fourth-order valence-electron chi connectivity index (χ4n) is 3.05. The van der Waals surface area contributed by atoms with Crippen molar-refractivity contribution in [1.82, 2.24) is 0 Å². The Morgan fingerprint density at radius 3 is 2.30 bits per heavy atom. The molecule has 33 heavy (non-hydrogen) atoms. The highest BCUT2D eigenvalue weighted by Gasteiger charge is 2.34. The Labute approximate surface area is 190 Å². The predicted molar refractivity (Wildman–Crippen MR) is 120 cm³/mol. The Hall–Kier alpha value is -3.53. The second-order valence-electron chi connectivity index (χ2n) is 8.08. The zero-order valence-corrected chi connectivity index (χ0v) is 18.9. The van der Waals surface area contributed by atoms with E-state index in [2.05, 4.69) is 11.8 Å². The van der Waals surface area contributed by atoms with Gasteiger partial charge in [-0.1, -0.05) is 36.1 Å².